The molecular formula is C14H21FN2O2S. The van der Waals surface area contributed by atoms with Crippen LogP contribution < -0.4 is 10.0 Å². The zero-order valence-electron chi connectivity index (χ0n) is 11.9. The SMILES string of the molecule is CCC1(CNS(=O)(=O)c2ccc(CNC)cc2F)CC1. The average Bonchev–Trinajstić information content (AvgIpc) is 3.17. The fourth-order valence-electron chi connectivity index (χ4n) is 2.23. The number of halogens is 1. The molecule has 0 aliphatic heterocycles. The molecule has 2 rings (SSSR count). The van der Waals surface area contributed by atoms with Gasteiger partial charge in [-0.1, -0.05) is 13.0 Å². The van der Waals surface area contributed by atoms with Crippen LogP contribution in [0.1, 0.15) is 31.7 Å². The first-order chi connectivity index (χ1) is 9.42. The summed E-state index contributed by atoms with van der Waals surface area (Å²) in [6.45, 7) is 2.95. The lowest BCUT2D eigenvalue weighted by Crippen LogP contribution is -2.30. The van der Waals surface area contributed by atoms with E-state index in [4.69, 9.17) is 0 Å². The zero-order chi connectivity index (χ0) is 14.8. The van der Waals surface area contributed by atoms with E-state index in [1.807, 2.05) is 0 Å². The van der Waals surface area contributed by atoms with Crippen molar-refractivity contribution in [3.05, 3.63) is 29.6 Å². The first-order valence-electron chi connectivity index (χ1n) is 6.85. The number of hydrogen-bond donors (Lipinski definition) is 2. The lowest BCUT2D eigenvalue weighted by Gasteiger charge is -2.14. The molecule has 112 valence electrons. The van der Waals surface area contributed by atoms with Crippen LogP contribution in [-0.2, 0) is 16.6 Å². The van der Waals surface area contributed by atoms with Crippen molar-refractivity contribution in [2.24, 2.45) is 5.41 Å². The van der Waals surface area contributed by atoms with Gasteiger partial charge in [-0.3, -0.25) is 0 Å². The van der Waals surface area contributed by atoms with Crippen LogP contribution in [-0.4, -0.2) is 22.0 Å². The van der Waals surface area contributed by atoms with Gasteiger partial charge < -0.3 is 5.32 Å². The Hall–Kier alpha value is -0.980. The zero-order valence-corrected chi connectivity index (χ0v) is 12.7. The van der Waals surface area contributed by atoms with Gasteiger partial charge in [-0.15, -0.1) is 0 Å². The Morgan fingerprint density at radius 3 is 2.55 bits per heavy atom. The van der Waals surface area contributed by atoms with Crippen LogP contribution in [0.5, 0.6) is 0 Å². The molecule has 1 fully saturated rings. The Morgan fingerprint density at radius 1 is 1.35 bits per heavy atom. The van der Waals surface area contributed by atoms with E-state index in [9.17, 15) is 12.8 Å². The maximum Gasteiger partial charge on any atom is 0.243 e. The highest BCUT2D eigenvalue weighted by Crippen LogP contribution is 2.48. The van der Waals surface area contributed by atoms with Crippen LogP contribution >= 0.6 is 0 Å². The van der Waals surface area contributed by atoms with Crippen molar-refractivity contribution < 1.29 is 12.8 Å². The fourth-order valence-corrected chi connectivity index (χ4v) is 3.45. The van der Waals surface area contributed by atoms with Crippen LogP contribution in [0.2, 0.25) is 0 Å². The number of sulfonamides is 1. The lowest BCUT2D eigenvalue weighted by molar-refractivity contribution is 0.473. The smallest absolute Gasteiger partial charge is 0.243 e. The van der Waals surface area contributed by atoms with Gasteiger partial charge in [0.05, 0.1) is 0 Å². The molecule has 0 saturated heterocycles. The molecule has 0 bridgehead atoms. The van der Waals surface area contributed by atoms with E-state index in [1.54, 1.807) is 13.1 Å². The third-order valence-corrected chi connectivity index (χ3v) is 5.45. The van der Waals surface area contributed by atoms with Crippen molar-refractivity contribution in [2.45, 2.75) is 37.6 Å². The van der Waals surface area contributed by atoms with Gasteiger partial charge in [-0.25, -0.2) is 17.5 Å². The number of benzene rings is 1. The van der Waals surface area contributed by atoms with Crippen molar-refractivity contribution >= 4 is 10.0 Å². The second kappa shape index (κ2) is 5.79. The molecule has 4 nitrogen and oxygen atoms in total. The summed E-state index contributed by atoms with van der Waals surface area (Å²) < 4.78 is 40.8. The minimum absolute atomic E-state index is 0.0929. The van der Waals surface area contributed by atoms with E-state index in [0.717, 1.165) is 24.8 Å². The normalized spacial score (nSPS) is 17.1. The predicted molar refractivity (Wildman–Crippen MR) is 76.3 cm³/mol. The molecule has 1 aromatic rings. The fraction of sp³-hybridized carbons (Fsp3) is 0.571. The van der Waals surface area contributed by atoms with Gasteiger partial charge in [0, 0.05) is 13.1 Å². The van der Waals surface area contributed by atoms with Gasteiger partial charge in [0.25, 0.3) is 0 Å². The van der Waals surface area contributed by atoms with Crippen LogP contribution in [0, 0.1) is 11.2 Å². The third kappa shape index (κ3) is 3.37. The molecule has 1 aliphatic rings. The third-order valence-electron chi connectivity index (χ3n) is 4.01. The van der Waals surface area contributed by atoms with E-state index < -0.39 is 15.8 Å². The minimum atomic E-state index is -3.77. The van der Waals surface area contributed by atoms with Gasteiger partial charge in [0.2, 0.25) is 10.0 Å². The molecule has 0 aromatic heterocycles. The molecule has 0 radical (unpaired) electrons. The van der Waals surface area contributed by atoms with Crippen molar-refractivity contribution in [3.63, 3.8) is 0 Å². The first-order valence-corrected chi connectivity index (χ1v) is 8.33. The first kappa shape index (κ1) is 15.4. The molecule has 0 amide bonds. The molecule has 0 unspecified atom stereocenters. The Balaban J connectivity index is 2.12. The molecule has 0 spiro atoms. The van der Waals surface area contributed by atoms with E-state index in [-0.39, 0.29) is 10.3 Å². The van der Waals surface area contributed by atoms with Gasteiger partial charge in [-0.05, 0) is 49.4 Å². The topological polar surface area (TPSA) is 58.2 Å². The van der Waals surface area contributed by atoms with Crippen molar-refractivity contribution in [3.8, 4) is 0 Å². The Kier molecular flexibility index (Phi) is 4.46. The number of rotatable bonds is 7. The minimum Gasteiger partial charge on any atom is -0.316 e. The molecule has 1 saturated carbocycles. The van der Waals surface area contributed by atoms with Crippen LogP contribution in [0.3, 0.4) is 0 Å². The maximum atomic E-state index is 13.9. The standard InChI is InChI=1S/C14H21FN2O2S/c1-3-14(6-7-14)10-17-20(18,19)13-5-4-11(9-16-2)8-12(13)15/h4-5,8,16-17H,3,6-7,9-10H2,1-2H3. The van der Waals surface area contributed by atoms with E-state index in [2.05, 4.69) is 17.0 Å². The second-order valence-electron chi connectivity index (χ2n) is 5.47. The van der Waals surface area contributed by atoms with Crippen molar-refractivity contribution in [1.82, 2.24) is 10.0 Å². The summed E-state index contributed by atoms with van der Waals surface area (Å²) >= 11 is 0. The van der Waals surface area contributed by atoms with Gasteiger partial charge >= 0.3 is 0 Å². The summed E-state index contributed by atoms with van der Waals surface area (Å²) in [5.74, 6) is -0.702. The molecule has 2 N–H and O–H groups in total. The molecule has 1 aromatic carbocycles. The largest absolute Gasteiger partial charge is 0.316 e. The summed E-state index contributed by atoms with van der Waals surface area (Å²) in [5.41, 5.74) is 0.812. The molecule has 0 atom stereocenters. The summed E-state index contributed by atoms with van der Waals surface area (Å²) in [5, 5.41) is 2.90. The summed E-state index contributed by atoms with van der Waals surface area (Å²) in [6.07, 6.45) is 3.02. The van der Waals surface area contributed by atoms with Crippen LogP contribution in [0.25, 0.3) is 0 Å². The average molecular weight is 300 g/mol. The monoisotopic (exact) mass is 300 g/mol. The highest BCUT2D eigenvalue weighted by Gasteiger charge is 2.41. The quantitative estimate of drug-likeness (QED) is 0.810. The molecule has 0 heterocycles. The van der Waals surface area contributed by atoms with E-state index in [0.29, 0.717) is 13.1 Å². The second-order valence-corrected chi connectivity index (χ2v) is 7.21. The predicted octanol–water partition coefficient (Wildman–Crippen LogP) is 2.01. The summed E-state index contributed by atoms with van der Waals surface area (Å²) in [6, 6.07) is 4.22. The maximum absolute atomic E-state index is 13.9. The van der Waals surface area contributed by atoms with E-state index >= 15 is 0 Å². The number of hydrogen-bond acceptors (Lipinski definition) is 3. The highest BCUT2D eigenvalue weighted by atomic mass is 32.2. The Morgan fingerprint density at radius 2 is 2.05 bits per heavy atom. The highest BCUT2D eigenvalue weighted by molar-refractivity contribution is 7.89. The molecule has 1 aliphatic carbocycles. The van der Waals surface area contributed by atoms with Gasteiger partial charge in [0.1, 0.15) is 10.7 Å². The summed E-state index contributed by atoms with van der Waals surface area (Å²) in [7, 11) is -2.02. The summed E-state index contributed by atoms with van der Waals surface area (Å²) in [4.78, 5) is -0.274. The van der Waals surface area contributed by atoms with Crippen molar-refractivity contribution in [1.29, 1.82) is 0 Å². The molecular weight excluding hydrogens is 279 g/mol. The lowest BCUT2D eigenvalue weighted by atomic mass is 10.1. The molecule has 6 heteroatoms. The Labute approximate surface area is 119 Å². The van der Waals surface area contributed by atoms with Crippen LogP contribution in [0.15, 0.2) is 23.1 Å². The molecule has 20 heavy (non-hydrogen) atoms. The number of nitrogens with one attached hydrogen (secondary N) is 2. The van der Waals surface area contributed by atoms with Crippen LogP contribution in [0.4, 0.5) is 4.39 Å². The Bertz CT molecular complexity index is 583. The van der Waals surface area contributed by atoms with Gasteiger partial charge in [-0.2, -0.15) is 0 Å². The van der Waals surface area contributed by atoms with Gasteiger partial charge in [0.15, 0.2) is 0 Å². The van der Waals surface area contributed by atoms with Crippen molar-refractivity contribution in [2.75, 3.05) is 13.6 Å². The van der Waals surface area contributed by atoms with E-state index in [1.165, 1.54) is 12.1 Å².